The third kappa shape index (κ3) is 5.09. The lowest BCUT2D eigenvalue weighted by Crippen LogP contribution is -2.50. The summed E-state index contributed by atoms with van der Waals surface area (Å²) in [5.74, 6) is -1.55. The summed E-state index contributed by atoms with van der Waals surface area (Å²) in [6, 6.07) is 9.69. The fourth-order valence-electron chi connectivity index (χ4n) is 2.64. The lowest BCUT2D eigenvalue weighted by atomic mass is 9.80. The molecule has 23 heavy (non-hydrogen) atoms. The number of nitrogens with zero attached hydrogens (tertiary/aromatic N) is 1. The monoisotopic (exact) mass is 318 g/mol. The molecule has 2 rings (SSSR count). The van der Waals surface area contributed by atoms with E-state index in [1.54, 1.807) is 0 Å². The predicted octanol–water partition coefficient (Wildman–Crippen LogP) is 1.06. The molecule has 0 bridgehead atoms. The van der Waals surface area contributed by atoms with Gasteiger partial charge in [-0.25, -0.2) is 0 Å². The van der Waals surface area contributed by atoms with E-state index in [2.05, 4.69) is 5.32 Å². The lowest BCUT2D eigenvalue weighted by molar-refractivity contribution is -0.146. The standard InChI is InChI=1S/C17H22N2O4/c1-12(20)19(8-7-13-5-3-2-4-6-13)11-16(21)18-15-9-14(10-15)17(22)23/h2-6,14-15H,7-11H2,1H3,(H,18,21)(H,22,23). The van der Waals surface area contributed by atoms with E-state index in [1.165, 1.54) is 11.8 Å². The third-order valence-electron chi connectivity index (χ3n) is 4.15. The van der Waals surface area contributed by atoms with Crippen LogP contribution in [0.25, 0.3) is 0 Å². The molecule has 0 atom stereocenters. The molecule has 0 aromatic heterocycles. The summed E-state index contributed by atoms with van der Waals surface area (Å²) in [6.45, 7) is 1.94. The highest BCUT2D eigenvalue weighted by molar-refractivity contribution is 5.84. The van der Waals surface area contributed by atoms with E-state index in [0.717, 1.165) is 5.56 Å². The van der Waals surface area contributed by atoms with Gasteiger partial charge in [-0.1, -0.05) is 30.3 Å². The van der Waals surface area contributed by atoms with Gasteiger partial charge in [0.25, 0.3) is 0 Å². The summed E-state index contributed by atoms with van der Waals surface area (Å²) < 4.78 is 0. The number of hydrogen-bond acceptors (Lipinski definition) is 3. The third-order valence-corrected chi connectivity index (χ3v) is 4.15. The zero-order valence-corrected chi connectivity index (χ0v) is 13.2. The summed E-state index contributed by atoms with van der Waals surface area (Å²) in [4.78, 5) is 35.9. The molecule has 6 heteroatoms. The molecule has 0 unspecified atom stereocenters. The summed E-state index contributed by atoms with van der Waals surface area (Å²) in [7, 11) is 0. The van der Waals surface area contributed by atoms with Gasteiger partial charge in [0.1, 0.15) is 0 Å². The minimum atomic E-state index is -0.816. The molecule has 0 spiro atoms. The molecular weight excluding hydrogens is 296 g/mol. The van der Waals surface area contributed by atoms with Gasteiger partial charge in [0.05, 0.1) is 12.5 Å². The van der Waals surface area contributed by atoms with Gasteiger partial charge in [-0.05, 0) is 24.8 Å². The first kappa shape index (κ1) is 17.0. The van der Waals surface area contributed by atoms with Gasteiger partial charge < -0.3 is 15.3 Å². The quantitative estimate of drug-likeness (QED) is 0.787. The molecule has 124 valence electrons. The maximum absolute atomic E-state index is 12.0. The predicted molar refractivity (Wildman–Crippen MR) is 84.7 cm³/mol. The number of benzene rings is 1. The molecule has 0 saturated heterocycles. The molecule has 6 nitrogen and oxygen atoms in total. The Hall–Kier alpha value is -2.37. The molecule has 2 amide bonds. The molecule has 1 saturated carbocycles. The van der Waals surface area contributed by atoms with Crippen LogP contribution in [0, 0.1) is 5.92 Å². The average Bonchev–Trinajstić information content (AvgIpc) is 2.47. The van der Waals surface area contributed by atoms with E-state index < -0.39 is 5.97 Å². The minimum absolute atomic E-state index is 0.0103. The smallest absolute Gasteiger partial charge is 0.306 e. The Bertz CT molecular complexity index is 567. The number of amides is 2. The maximum Gasteiger partial charge on any atom is 0.306 e. The fourth-order valence-corrected chi connectivity index (χ4v) is 2.64. The van der Waals surface area contributed by atoms with Crippen molar-refractivity contribution in [1.82, 2.24) is 10.2 Å². The summed E-state index contributed by atoms with van der Waals surface area (Å²) in [5.41, 5.74) is 1.11. The van der Waals surface area contributed by atoms with Crippen molar-refractivity contribution in [3.8, 4) is 0 Å². The van der Waals surface area contributed by atoms with E-state index in [0.29, 0.717) is 25.8 Å². The van der Waals surface area contributed by atoms with Gasteiger partial charge in [0.15, 0.2) is 0 Å². The number of carboxylic acid groups (broad SMARTS) is 1. The molecule has 1 aliphatic rings. The van der Waals surface area contributed by atoms with Crippen molar-refractivity contribution >= 4 is 17.8 Å². The van der Waals surface area contributed by atoms with Crippen molar-refractivity contribution in [2.24, 2.45) is 5.92 Å². The van der Waals surface area contributed by atoms with Gasteiger partial charge in [-0.3, -0.25) is 14.4 Å². The first-order valence-electron chi connectivity index (χ1n) is 7.77. The van der Waals surface area contributed by atoms with Crippen molar-refractivity contribution in [1.29, 1.82) is 0 Å². The van der Waals surface area contributed by atoms with Crippen LogP contribution in [0.3, 0.4) is 0 Å². The van der Waals surface area contributed by atoms with Crippen molar-refractivity contribution in [3.05, 3.63) is 35.9 Å². The summed E-state index contributed by atoms with van der Waals surface area (Å²) >= 11 is 0. The number of nitrogens with one attached hydrogen (secondary N) is 1. The summed E-state index contributed by atoms with van der Waals surface area (Å²) in [5, 5.41) is 11.6. The largest absolute Gasteiger partial charge is 0.481 e. The van der Waals surface area contributed by atoms with E-state index in [-0.39, 0.29) is 30.3 Å². The second-order valence-electron chi connectivity index (χ2n) is 5.95. The molecule has 0 radical (unpaired) electrons. The van der Waals surface area contributed by atoms with Gasteiger partial charge in [0.2, 0.25) is 11.8 Å². The Kier molecular flexibility index (Phi) is 5.73. The number of carbonyl (C=O) groups is 3. The molecule has 0 aliphatic heterocycles. The highest BCUT2D eigenvalue weighted by atomic mass is 16.4. The van der Waals surface area contributed by atoms with Gasteiger partial charge in [-0.15, -0.1) is 0 Å². The first-order valence-corrected chi connectivity index (χ1v) is 7.77. The molecule has 1 fully saturated rings. The van der Waals surface area contributed by atoms with Gasteiger partial charge >= 0.3 is 5.97 Å². The number of carbonyl (C=O) groups excluding carboxylic acids is 2. The highest BCUT2D eigenvalue weighted by Crippen LogP contribution is 2.27. The second kappa shape index (κ2) is 7.76. The van der Waals surface area contributed by atoms with Crippen LogP contribution < -0.4 is 5.32 Å². The van der Waals surface area contributed by atoms with Crippen LogP contribution in [0.1, 0.15) is 25.3 Å². The number of carboxylic acids is 1. The highest BCUT2D eigenvalue weighted by Gasteiger charge is 2.35. The number of hydrogen-bond donors (Lipinski definition) is 2. The normalized spacial score (nSPS) is 19.5. The molecule has 1 aromatic carbocycles. The van der Waals surface area contributed by atoms with E-state index in [9.17, 15) is 14.4 Å². The van der Waals surface area contributed by atoms with Crippen LogP contribution in [-0.4, -0.2) is 46.9 Å². The molecular formula is C17H22N2O4. The van der Waals surface area contributed by atoms with Crippen molar-refractivity contribution in [2.45, 2.75) is 32.2 Å². The molecule has 1 aliphatic carbocycles. The SMILES string of the molecule is CC(=O)N(CCc1ccccc1)CC(=O)NC1CC(C(=O)O)C1. The molecule has 1 aromatic rings. The Labute approximate surface area is 135 Å². The topological polar surface area (TPSA) is 86.7 Å². The van der Waals surface area contributed by atoms with E-state index in [1.807, 2.05) is 30.3 Å². The number of aliphatic carboxylic acids is 1. The first-order chi connectivity index (χ1) is 11.0. The van der Waals surface area contributed by atoms with Crippen LogP contribution in [0.5, 0.6) is 0 Å². The van der Waals surface area contributed by atoms with E-state index >= 15 is 0 Å². The van der Waals surface area contributed by atoms with Crippen LogP contribution >= 0.6 is 0 Å². The summed E-state index contributed by atoms with van der Waals surface area (Å²) in [6.07, 6.45) is 1.62. The maximum atomic E-state index is 12.0. The second-order valence-corrected chi connectivity index (χ2v) is 5.95. The fraction of sp³-hybridized carbons (Fsp3) is 0.471. The minimum Gasteiger partial charge on any atom is -0.481 e. The van der Waals surface area contributed by atoms with Crippen molar-refractivity contribution in [2.75, 3.05) is 13.1 Å². The molecule has 0 heterocycles. The molecule has 2 N–H and O–H groups in total. The lowest BCUT2D eigenvalue weighted by Gasteiger charge is -2.33. The van der Waals surface area contributed by atoms with Crippen LogP contribution in [0.4, 0.5) is 0 Å². The number of rotatable bonds is 7. The average molecular weight is 318 g/mol. The Balaban J connectivity index is 1.76. The Morgan fingerprint density at radius 3 is 2.43 bits per heavy atom. The van der Waals surface area contributed by atoms with Gasteiger partial charge in [0, 0.05) is 19.5 Å². The van der Waals surface area contributed by atoms with E-state index in [4.69, 9.17) is 5.11 Å². The van der Waals surface area contributed by atoms with Crippen molar-refractivity contribution in [3.63, 3.8) is 0 Å². The Morgan fingerprint density at radius 1 is 1.22 bits per heavy atom. The van der Waals surface area contributed by atoms with Crippen LogP contribution in [-0.2, 0) is 20.8 Å². The zero-order chi connectivity index (χ0) is 16.8. The van der Waals surface area contributed by atoms with Crippen LogP contribution in [0.15, 0.2) is 30.3 Å². The Morgan fingerprint density at radius 2 is 1.87 bits per heavy atom. The zero-order valence-electron chi connectivity index (χ0n) is 13.2. The van der Waals surface area contributed by atoms with Crippen LogP contribution in [0.2, 0.25) is 0 Å². The van der Waals surface area contributed by atoms with Crippen molar-refractivity contribution < 1.29 is 19.5 Å². The van der Waals surface area contributed by atoms with Gasteiger partial charge in [-0.2, -0.15) is 0 Å².